The lowest BCUT2D eigenvalue weighted by Crippen LogP contribution is -2.29. The fourth-order valence-corrected chi connectivity index (χ4v) is 3.01. The predicted octanol–water partition coefficient (Wildman–Crippen LogP) is 2.84. The topological polar surface area (TPSA) is 134 Å². The number of carbonyl (C=O) groups excluding carboxylic acids is 3. The molecule has 3 rings (SSSR count). The van der Waals surface area contributed by atoms with E-state index in [1.807, 2.05) is 30.3 Å². The molecule has 9 nitrogen and oxygen atoms in total. The standard InChI is InChI=1S/C26H25N3O6/c30-23(14-15-35-22-4-2-1-3-5-22)27-16-18-6-8-20(9-7-18)26(34)29-21-12-10-19(11-13-21)25(33)28-17-24(31)32/h1-13H,14-17H2,(H,27,30)(H,28,33)(H,29,34)(H,31,32). The molecule has 0 aliphatic carbocycles. The Morgan fingerprint density at radius 3 is 2.03 bits per heavy atom. The minimum atomic E-state index is -1.14. The molecule has 3 aromatic rings. The summed E-state index contributed by atoms with van der Waals surface area (Å²) in [6.07, 6.45) is 0.232. The van der Waals surface area contributed by atoms with Gasteiger partial charge in [0.25, 0.3) is 11.8 Å². The molecule has 180 valence electrons. The molecule has 0 saturated heterocycles. The smallest absolute Gasteiger partial charge is 0.322 e. The van der Waals surface area contributed by atoms with Gasteiger partial charge in [0.2, 0.25) is 5.91 Å². The first-order valence-electron chi connectivity index (χ1n) is 10.9. The normalized spacial score (nSPS) is 10.2. The third-order valence-electron chi connectivity index (χ3n) is 4.85. The maximum atomic E-state index is 12.5. The second-order valence-electron chi connectivity index (χ2n) is 7.49. The maximum absolute atomic E-state index is 12.5. The van der Waals surface area contributed by atoms with Gasteiger partial charge in [-0.15, -0.1) is 0 Å². The highest BCUT2D eigenvalue weighted by Gasteiger charge is 2.10. The molecule has 35 heavy (non-hydrogen) atoms. The first-order valence-corrected chi connectivity index (χ1v) is 10.9. The number of carboxylic acid groups (broad SMARTS) is 1. The molecular formula is C26H25N3O6. The summed E-state index contributed by atoms with van der Waals surface area (Å²) in [5.41, 5.74) is 2.04. The van der Waals surface area contributed by atoms with Crippen LogP contribution in [-0.2, 0) is 16.1 Å². The number of para-hydroxylation sites is 1. The first kappa shape index (κ1) is 25.0. The Bertz CT molecular complexity index is 1160. The van der Waals surface area contributed by atoms with Crippen LogP contribution in [-0.4, -0.2) is 41.9 Å². The van der Waals surface area contributed by atoms with Gasteiger partial charge in [-0.1, -0.05) is 30.3 Å². The molecular weight excluding hydrogens is 450 g/mol. The van der Waals surface area contributed by atoms with E-state index >= 15 is 0 Å². The van der Waals surface area contributed by atoms with Gasteiger partial charge in [-0.3, -0.25) is 19.2 Å². The number of nitrogens with one attached hydrogen (secondary N) is 3. The molecule has 0 heterocycles. The summed E-state index contributed by atoms with van der Waals surface area (Å²) in [6, 6.07) is 22.2. The number of hydrogen-bond donors (Lipinski definition) is 4. The van der Waals surface area contributed by atoms with Crippen LogP contribution in [0.1, 0.15) is 32.7 Å². The number of carbonyl (C=O) groups is 4. The van der Waals surface area contributed by atoms with Crippen LogP contribution in [0.25, 0.3) is 0 Å². The van der Waals surface area contributed by atoms with Crippen molar-refractivity contribution in [2.75, 3.05) is 18.5 Å². The monoisotopic (exact) mass is 475 g/mol. The van der Waals surface area contributed by atoms with Crippen molar-refractivity contribution in [1.82, 2.24) is 10.6 Å². The average molecular weight is 476 g/mol. The van der Waals surface area contributed by atoms with E-state index in [2.05, 4.69) is 16.0 Å². The highest BCUT2D eigenvalue weighted by molar-refractivity contribution is 6.04. The number of benzene rings is 3. The number of amides is 3. The lowest BCUT2D eigenvalue weighted by molar-refractivity contribution is -0.135. The van der Waals surface area contributed by atoms with Crippen molar-refractivity contribution in [2.45, 2.75) is 13.0 Å². The van der Waals surface area contributed by atoms with Crippen LogP contribution >= 0.6 is 0 Å². The molecule has 0 spiro atoms. The fraction of sp³-hybridized carbons (Fsp3) is 0.154. The summed E-state index contributed by atoms with van der Waals surface area (Å²) in [7, 11) is 0. The van der Waals surface area contributed by atoms with Crippen molar-refractivity contribution < 1.29 is 29.0 Å². The van der Waals surface area contributed by atoms with Crippen molar-refractivity contribution >= 4 is 29.4 Å². The zero-order chi connectivity index (χ0) is 25.0. The zero-order valence-corrected chi connectivity index (χ0v) is 18.8. The molecule has 9 heteroatoms. The number of aliphatic carboxylic acids is 1. The van der Waals surface area contributed by atoms with E-state index < -0.39 is 18.4 Å². The van der Waals surface area contributed by atoms with Gasteiger partial charge in [0.15, 0.2) is 0 Å². The number of hydrogen-bond acceptors (Lipinski definition) is 5. The molecule has 0 aliphatic heterocycles. The van der Waals surface area contributed by atoms with Gasteiger partial charge in [-0.25, -0.2) is 0 Å². The molecule has 0 aliphatic rings. The molecule has 3 aromatic carbocycles. The van der Waals surface area contributed by atoms with E-state index in [1.54, 1.807) is 36.4 Å². The maximum Gasteiger partial charge on any atom is 0.322 e. The molecule has 0 aromatic heterocycles. The van der Waals surface area contributed by atoms with E-state index in [0.717, 1.165) is 5.56 Å². The van der Waals surface area contributed by atoms with Crippen LogP contribution < -0.4 is 20.7 Å². The largest absolute Gasteiger partial charge is 0.493 e. The Hall–Kier alpha value is -4.66. The fourth-order valence-electron chi connectivity index (χ4n) is 3.01. The average Bonchev–Trinajstić information content (AvgIpc) is 2.87. The molecule has 4 N–H and O–H groups in total. The third-order valence-corrected chi connectivity index (χ3v) is 4.85. The molecule has 0 bridgehead atoms. The SMILES string of the molecule is O=C(O)CNC(=O)c1ccc(NC(=O)c2ccc(CNC(=O)CCOc3ccccc3)cc2)cc1. The van der Waals surface area contributed by atoms with E-state index in [-0.39, 0.29) is 30.4 Å². The lowest BCUT2D eigenvalue weighted by atomic mass is 10.1. The van der Waals surface area contributed by atoms with E-state index in [1.165, 1.54) is 12.1 Å². The van der Waals surface area contributed by atoms with Crippen LogP contribution in [0.5, 0.6) is 5.75 Å². The van der Waals surface area contributed by atoms with Crippen LogP contribution in [0.15, 0.2) is 78.9 Å². The van der Waals surface area contributed by atoms with E-state index in [4.69, 9.17) is 9.84 Å². The van der Waals surface area contributed by atoms with Gasteiger partial charge in [-0.05, 0) is 54.1 Å². The van der Waals surface area contributed by atoms with Gasteiger partial charge < -0.3 is 25.8 Å². The van der Waals surface area contributed by atoms with Crippen LogP contribution in [0, 0.1) is 0 Å². The lowest BCUT2D eigenvalue weighted by Gasteiger charge is -2.09. The van der Waals surface area contributed by atoms with Gasteiger partial charge in [0, 0.05) is 23.4 Å². The van der Waals surface area contributed by atoms with Crippen molar-refractivity contribution in [3.05, 3.63) is 95.6 Å². The number of rotatable bonds is 11. The van der Waals surface area contributed by atoms with Crippen LogP contribution in [0.4, 0.5) is 5.69 Å². The summed E-state index contributed by atoms with van der Waals surface area (Å²) in [5.74, 6) is -1.41. The number of ether oxygens (including phenoxy) is 1. The van der Waals surface area contributed by atoms with Crippen LogP contribution in [0.3, 0.4) is 0 Å². The van der Waals surface area contributed by atoms with Gasteiger partial charge in [0.05, 0.1) is 13.0 Å². The highest BCUT2D eigenvalue weighted by Crippen LogP contribution is 2.13. The first-order chi connectivity index (χ1) is 16.9. The van der Waals surface area contributed by atoms with E-state index in [9.17, 15) is 19.2 Å². The molecule has 0 radical (unpaired) electrons. The van der Waals surface area contributed by atoms with Crippen molar-refractivity contribution in [3.63, 3.8) is 0 Å². The Labute approximate surface area is 202 Å². The van der Waals surface area contributed by atoms with Crippen molar-refractivity contribution in [3.8, 4) is 5.75 Å². The second-order valence-corrected chi connectivity index (χ2v) is 7.49. The minimum Gasteiger partial charge on any atom is -0.493 e. The number of carboxylic acids is 1. The predicted molar refractivity (Wildman–Crippen MR) is 129 cm³/mol. The van der Waals surface area contributed by atoms with Gasteiger partial charge in [-0.2, -0.15) is 0 Å². The van der Waals surface area contributed by atoms with Gasteiger partial charge in [0.1, 0.15) is 12.3 Å². The molecule has 0 saturated carbocycles. The molecule has 0 fully saturated rings. The summed E-state index contributed by atoms with van der Waals surface area (Å²) in [5, 5.41) is 16.4. The molecule has 3 amide bonds. The highest BCUT2D eigenvalue weighted by atomic mass is 16.5. The summed E-state index contributed by atoms with van der Waals surface area (Å²) < 4.78 is 5.51. The Kier molecular flexibility index (Phi) is 8.95. The van der Waals surface area contributed by atoms with E-state index in [0.29, 0.717) is 23.5 Å². The minimum absolute atomic E-state index is 0.136. The Balaban J connectivity index is 1.42. The summed E-state index contributed by atoms with van der Waals surface area (Å²) in [4.78, 5) is 46.9. The number of anilines is 1. The van der Waals surface area contributed by atoms with Crippen molar-refractivity contribution in [2.24, 2.45) is 0 Å². The summed E-state index contributed by atoms with van der Waals surface area (Å²) in [6.45, 7) is 0.139. The zero-order valence-electron chi connectivity index (χ0n) is 18.8. The third kappa shape index (κ3) is 8.32. The second kappa shape index (κ2) is 12.5. The van der Waals surface area contributed by atoms with Gasteiger partial charge >= 0.3 is 5.97 Å². The Morgan fingerprint density at radius 1 is 0.743 bits per heavy atom. The summed E-state index contributed by atoms with van der Waals surface area (Å²) >= 11 is 0. The Morgan fingerprint density at radius 2 is 1.37 bits per heavy atom. The van der Waals surface area contributed by atoms with Crippen LogP contribution in [0.2, 0.25) is 0 Å². The van der Waals surface area contributed by atoms with Crippen molar-refractivity contribution in [1.29, 1.82) is 0 Å². The molecule has 0 unspecified atom stereocenters. The molecule has 0 atom stereocenters. The quantitative estimate of drug-likeness (QED) is 0.337.